The Labute approximate surface area is 205 Å². The molecule has 0 aliphatic heterocycles. The summed E-state index contributed by atoms with van der Waals surface area (Å²) in [6.45, 7) is 2.36. The van der Waals surface area contributed by atoms with E-state index in [4.69, 9.17) is 21.1 Å². The van der Waals surface area contributed by atoms with Gasteiger partial charge in [0.1, 0.15) is 12.2 Å². The van der Waals surface area contributed by atoms with E-state index in [2.05, 4.69) is 6.08 Å². The molecule has 0 aromatic rings. The third-order valence-corrected chi connectivity index (χ3v) is 8.75. The SMILES string of the molecule is CC1(OC(=O)COC/C=C\C[C@@H]2[C@@H](CC[C@@H](O)C3CCCCC3)[C@H](O)C[C@H]2Cl)CCCCC1. The van der Waals surface area contributed by atoms with Crippen LogP contribution in [0, 0.1) is 17.8 Å². The predicted octanol–water partition coefficient (Wildman–Crippen LogP) is 5.54. The van der Waals surface area contributed by atoms with E-state index in [1.54, 1.807) is 0 Å². The summed E-state index contributed by atoms with van der Waals surface area (Å²) in [5, 5.41) is 21.1. The summed E-state index contributed by atoms with van der Waals surface area (Å²) in [5.74, 6) is 0.464. The van der Waals surface area contributed by atoms with Crippen LogP contribution in [0.1, 0.15) is 96.8 Å². The zero-order chi connectivity index (χ0) is 23.7. The fraction of sp³-hybridized carbons (Fsp3) is 0.889. The van der Waals surface area contributed by atoms with Crippen molar-refractivity contribution in [1.29, 1.82) is 0 Å². The molecule has 33 heavy (non-hydrogen) atoms. The molecule has 0 bridgehead atoms. The fourth-order valence-corrected chi connectivity index (χ4v) is 6.69. The van der Waals surface area contributed by atoms with Crippen LogP contribution in [0.4, 0.5) is 0 Å². The molecule has 0 amide bonds. The molecule has 0 radical (unpaired) electrons. The molecule has 3 aliphatic rings. The van der Waals surface area contributed by atoms with Crippen molar-refractivity contribution in [2.24, 2.45) is 17.8 Å². The Morgan fingerprint density at radius 3 is 2.52 bits per heavy atom. The highest BCUT2D eigenvalue weighted by atomic mass is 35.5. The van der Waals surface area contributed by atoms with E-state index in [0.29, 0.717) is 18.9 Å². The molecule has 0 unspecified atom stereocenters. The monoisotopic (exact) mass is 484 g/mol. The third kappa shape index (κ3) is 8.52. The highest BCUT2D eigenvalue weighted by Crippen LogP contribution is 2.42. The topological polar surface area (TPSA) is 76.0 Å². The largest absolute Gasteiger partial charge is 0.458 e. The van der Waals surface area contributed by atoms with Gasteiger partial charge in [0, 0.05) is 5.38 Å². The maximum absolute atomic E-state index is 12.1. The first-order valence-corrected chi connectivity index (χ1v) is 13.8. The number of hydrogen-bond donors (Lipinski definition) is 2. The molecule has 5 nitrogen and oxygen atoms in total. The van der Waals surface area contributed by atoms with Crippen LogP contribution >= 0.6 is 11.6 Å². The van der Waals surface area contributed by atoms with E-state index in [1.165, 1.54) is 25.7 Å². The quantitative estimate of drug-likeness (QED) is 0.174. The van der Waals surface area contributed by atoms with Gasteiger partial charge < -0.3 is 19.7 Å². The summed E-state index contributed by atoms with van der Waals surface area (Å²) in [4.78, 5) is 12.1. The molecule has 0 aromatic carbocycles. The van der Waals surface area contributed by atoms with Crippen LogP contribution in [0.2, 0.25) is 0 Å². The van der Waals surface area contributed by atoms with E-state index >= 15 is 0 Å². The zero-order valence-electron chi connectivity index (χ0n) is 20.4. The number of esters is 1. The lowest BCUT2D eigenvalue weighted by atomic mass is 9.81. The van der Waals surface area contributed by atoms with Crippen molar-refractivity contribution in [3.8, 4) is 0 Å². The van der Waals surface area contributed by atoms with Gasteiger partial charge in [0.05, 0.1) is 18.8 Å². The maximum atomic E-state index is 12.1. The average Bonchev–Trinajstić information content (AvgIpc) is 3.07. The maximum Gasteiger partial charge on any atom is 0.332 e. The first-order valence-electron chi connectivity index (χ1n) is 13.3. The van der Waals surface area contributed by atoms with E-state index in [-0.39, 0.29) is 41.5 Å². The minimum absolute atomic E-state index is 0.0259. The Morgan fingerprint density at radius 1 is 1.09 bits per heavy atom. The van der Waals surface area contributed by atoms with Crippen LogP contribution in [0.5, 0.6) is 0 Å². The number of allylic oxidation sites excluding steroid dienone is 1. The fourth-order valence-electron chi connectivity index (χ4n) is 6.22. The van der Waals surface area contributed by atoms with Crippen molar-refractivity contribution in [2.75, 3.05) is 13.2 Å². The summed E-state index contributed by atoms with van der Waals surface area (Å²) in [6, 6.07) is 0. The van der Waals surface area contributed by atoms with Gasteiger partial charge in [-0.3, -0.25) is 0 Å². The van der Waals surface area contributed by atoms with Crippen LogP contribution in [-0.2, 0) is 14.3 Å². The van der Waals surface area contributed by atoms with Crippen molar-refractivity contribution in [2.45, 2.75) is 120 Å². The first kappa shape index (κ1) is 27.0. The van der Waals surface area contributed by atoms with Crippen LogP contribution in [-0.4, -0.2) is 52.6 Å². The first-order chi connectivity index (χ1) is 15.9. The zero-order valence-corrected chi connectivity index (χ0v) is 21.2. The molecular weight excluding hydrogens is 440 g/mol. The summed E-state index contributed by atoms with van der Waals surface area (Å²) in [5.41, 5.74) is -0.327. The lowest BCUT2D eigenvalue weighted by Crippen LogP contribution is -2.35. The average molecular weight is 485 g/mol. The molecule has 0 aromatic heterocycles. The standard InChI is InChI=1S/C27H45ClO5/c1-27(15-7-3-8-16-27)33-26(31)19-32-17-9-6-12-21-22(25(30)18-23(21)28)13-14-24(29)20-10-4-2-5-11-20/h6,9,20-25,29-30H,2-5,7-8,10-19H2,1H3/b9-6-/t21-,22-,23-,24-,25-/m1/s1. The Kier molecular flexibility index (Phi) is 11.0. The molecule has 190 valence electrons. The van der Waals surface area contributed by atoms with Gasteiger partial charge in [-0.1, -0.05) is 37.8 Å². The minimum atomic E-state index is -0.392. The number of rotatable bonds is 11. The molecule has 3 fully saturated rings. The lowest BCUT2D eigenvalue weighted by molar-refractivity contribution is -0.166. The number of halogens is 1. The van der Waals surface area contributed by atoms with E-state index < -0.39 is 6.10 Å². The molecule has 6 heteroatoms. The van der Waals surface area contributed by atoms with Gasteiger partial charge >= 0.3 is 5.97 Å². The van der Waals surface area contributed by atoms with Gasteiger partial charge in [0.2, 0.25) is 0 Å². The Balaban J connectivity index is 1.35. The molecule has 3 saturated carbocycles. The van der Waals surface area contributed by atoms with Gasteiger partial charge in [0.15, 0.2) is 0 Å². The highest BCUT2D eigenvalue weighted by molar-refractivity contribution is 6.21. The van der Waals surface area contributed by atoms with E-state index in [9.17, 15) is 15.0 Å². The van der Waals surface area contributed by atoms with Crippen molar-refractivity contribution in [3.05, 3.63) is 12.2 Å². The number of aliphatic hydroxyl groups is 2. The van der Waals surface area contributed by atoms with Crippen LogP contribution in [0.15, 0.2) is 12.2 Å². The van der Waals surface area contributed by atoms with Crippen molar-refractivity contribution in [3.63, 3.8) is 0 Å². The number of aliphatic hydroxyl groups excluding tert-OH is 2. The highest BCUT2D eigenvalue weighted by Gasteiger charge is 2.41. The molecule has 2 N–H and O–H groups in total. The van der Waals surface area contributed by atoms with Gasteiger partial charge in [-0.05, 0) is 88.9 Å². The van der Waals surface area contributed by atoms with Crippen molar-refractivity contribution in [1.82, 2.24) is 0 Å². The molecule has 0 spiro atoms. The number of carbonyl (C=O) groups excluding carboxylic acids is 1. The van der Waals surface area contributed by atoms with Crippen molar-refractivity contribution < 1.29 is 24.5 Å². The minimum Gasteiger partial charge on any atom is -0.458 e. The second-order valence-electron chi connectivity index (χ2n) is 10.9. The molecule has 3 aliphatic carbocycles. The van der Waals surface area contributed by atoms with Crippen LogP contribution in [0.25, 0.3) is 0 Å². The molecule has 3 rings (SSSR count). The van der Waals surface area contributed by atoms with E-state index in [1.807, 2.05) is 13.0 Å². The van der Waals surface area contributed by atoms with Crippen LogP contribution in [0.3, 0.4) is 0 Å². The molecule has 0 saturated heterocycles. The molecule has 0 heterocycles. The second-order valence-corrected chi connectivity index (χ2v) is 11.5. The molecule has 5 atom stereocenters. The second kappa shape index (κ2) is 13.5. The summed E-state index contributed by atoms with van der Waals surface area (Å²) in [6.07, 6.45) is 17.6. The summed E-state index contributed by atoms with van der Waals surface area (Å²) in [7, 11) is 0. The Morgan fingerprint density at radius 2 is 1.79 bits per heavy atom. The van der Waals surface area contributed by atoms with Gasteiger partial charge in [0.25, 0.3) is 0 Å². The van der Waals surface area contributed by atoms with E-state index in [0.717, 1.165) is 57.8 Å². The van der Waals surface area contributed by atoms with Crippen molar-refractivity contribution >= 4 is 17.6 Å². The summed E-state index contributed by atoms with van der Waals surface area (Å²) >= 11 is 6.57. The third-order valence-electron chi connectivity index (χ3n) is 8.25. The Hall–Kier alpha value is -0.620. The molecular formula is C27H45ClO5. The normalized spacial score (nSPS) is 31.6. The number of carbonyl (C=O) groups is 1. The summed E-state index contributed by atoms with van der Waals surface area (Å²) < 4.78 is 11.1. The smallest absolute Gasteiger partial charge is 0.332 e. The van der Waals surface area contributed by atoms with Gasteiger partial charge in [-0.15, -0.1) is 11.6 Å². The van der Waals surface area contributed by atoms with Gasteiger partial charge in [-0.2, -0.15) is 0 Å². The number of ether oxygens (including phenoxy) is 2. The predicted molar refractivity (Wildman–Crippen MR) is 131 cm³/mol. The van der Waals surface area contributed by atoms with Crippen LogP contribution < -0.4 is 0 Å². The number of hydrogen-bond acceptors (Lipinski definition) is 5. The number of alkyl halides is 1. The lowest BCUT2D eigenvalue weighted by Gasteiger charge is -2.33. The van der Waals surface area contributed by atoms with Gasteiger partial charge in [-0.25, -0.2) is 4.79 Å². The Bertz CT molecular complexity index is 612.